The third kappa shape index (κ3) is 3.72. The number of hydrogen-bond acceptors (Lipinski definition) is 2. The second-order valence-electron chi connectivity index (χ2n) is 4.33. The summed E-state index contributed by atoms with van der Waals surface area (Å²) in [5.74, 6) is 0.247. The van der Waals surface area contributed by atoms with Gasteiger partial charge in [-0.05, 0) is 19.3 Å². The van der Waals surface area contributed by atoms with Gasteiger partial charge in [-0.2, -0.15) is 0 Å². The Hall–Kier alpha value is -1.26. The summed E-state index contributed by atoms with van der Waals surface area (Å²) in [6, 6.07) is -0.0144. The van der Waals surface area contributed by atoms with Gasteiger partial charge in [-0.1, -0.05) is 13.3 Å². The molecule has 1 aliphatic rings. The lowest BCUT2D eigenvalue weighted by Gasteiger charge is -2.32. The van der Waals surface area contributed by atoms with E-state index in [4.69, 9.17) is 11.1 Å². The molecular weight excluding hydrogens is 204 g/mol. The van der Waals surface area contributed by atoms with E-state index in [0.717, 1.165) is 38.8 Å². The number of piperidine rings is 1. The van der Waals surface area contributed by atoms with Crippen molar-refractivity contribution in [1.82, 2.24) is 10.2 Å². The number of hydrogen-bond donors (Lipinski definition) is 3. The molecule has 1 saturated heterocycles. The topological polar surface area (TPSA) is 82.2 Å². The van der Waals surface area contributed by atoms with Crippen LogP contribution in [-0.2, 0) is 0 Å². The van der Waals surface area contributed by atoms with Gasteiger partial charge in [-0.25, -0.2) is 4.79 Å². The van der Waals surface area contributed by atoms with Gasteiger partial charge in [-0.15, -0.1) is 0 Å². The lowest BCUT2D eigenvalue weighted by atomic mass is 9.97. The minimum absolute atomic E-state index is 0.0144. The summed E-state index contributed by atoms with van der Waals surface area (Å²) in [4.78, 5) is 13.5. The third-order valence-electron chi connectivity index (χ3n) is 2.95. The van der Waals surface area contributed by atoms with Crippen molar-refractivity contribution in [3.05, 3.63) is 0 Å². The molecule has 0 aromatic rings. The van der Waals surface area contributed by atoms with Crippen LogP contribution in [0.2, 0.25) is 0 Å². The first-order chi connectivity index (χ1) is 7.65. The van der Waals surface area contributed by atoms with E-state index >= 15 is 0 Å². The van der Waals surface area contributed by atoms with E-state index in [-0.39, 0.29) is 17.8 Å². The number of nitrogens with one attached hydrogen (secondary N) is 2. The van der Waals surface area contributed by atoms with Crippen LogP contribution >= 0.6 is 0 Å². The van der Waals surface area contributed by atoms with E-state index in [1.165, 1.54) is 0 Å². The minimum atomic E-state index is -0.0144. The molecule has 0 aromatic carbocycles. The Kier molecular flexibility index (Phi) is 5.08. The predicted octanol–water partition coefficient (Wildman–Crippen LogP) is 1.14. The highest BCUT2D eigenvalue weighted by Gasteiger charge is 2.24. The van der Waals surface area contributed by atoms with Gasteiger partial charge in [0.1, 0.15) is 0 Å². The first-order valence-electron chi connectivity index (χ1n) is 6.01. The van der Waals surface area contributed by atoms with Gasteiger partial charge >= 0.3 is 6.03 Å². The molecule has 1 unspecified atom stereocenters. The molecule has 2 amide bonds. The van der Waals surface area contributed by atoms with E-state index in [2.05, 4.69) is 12.2 Å². The molecule has 0 aliphatic carbocycles. The van der Waals surface area contributed by atoms with Crippen molar-refractivity contribution in [1.29, 1.82) is 5.41 Å². The van der Waals surface area contributed by atoms with Gasteiger partial charge in [0.05, 0.1) is 5.84 Å². The van der Waals surface area contributed by atoms with E-state index < -0.39 is 0 Å². The maximum absolute atomic E-state index is 11.7. The molecule has 0 aromatic heterocycles. The van der Waals surface area contributed by atoms with Gasteiger partial charge in [0.15, 0.2) is 0 Å². The third-order valence-corrected chi connectivity index (χ3v) is 2.95. The monoisotopic (exact) mass is 226 g/mol. The maximum Gasteiger partial charge on any atom is 0.317 e. The van der Waals surface area contributed by atoms with Crippen LogP contribution in [0.5, 0.6) is 0 Å². The zero-order valence-corrected chi connectivity index (χ0v) is 9.96. The van der Waals surface area contributed by atoms with Crippen molar-refractivity contribution in [2.45, 2.75) is 32.6 Å². The standard InChI is InChI=1S/C11H22N4O/c1-2-3-6-14-11(16)15-7-4-5-9(8-15)10(12)13/h9H,2-8H2,1H3,(H3,12,13)(H,14,16). The summed E-state index contributed by atoms with van der Waals surface area (Å²) in [6.07, 6.45) is 3.95. The molecule has 1 atom stereocenters. The molecule has 1 fully saturated rings. The van der Waals surface area contributed by atoms with Crippen LogP contribution in [0.15, 0.2) is 0 Å². The van der Waals surface area contributed by atoms with E-state index in [1.54, 1.807) is 4.90 Å². The number of likely N-dealkylation sites (tertiary alicyclic amines) is 1. The highest BCUT2D eigenvalue weighted by atomic mass is 16.2. The summed E-state index contributed by atoms with van der Waals surface area (Å²) >= 11 is 0. The van der Waals surface area contributed by atoms with Crippen LogP contribution in [0, 0.1) is 11.3 Å². The average Bonchev–Trinajstić information content (AvgIpc) is 2.29. The number of carbonyl (C=O) groups excluding carboxylic acids is 1. The van der Waals surface area contributed by atoms with Crippen LogP contribution in [-0.4, -0.2) is 36.4 Å². The fraction of sp³-hybridized carbons (Fsp3) is 0.818. The molecule has 5 nitrogen and oxygen atoms in total. The van der Waals surface area contributed by atoms with Crippen LogP contribution in [0.3, 0.4) is 0 Å². The Morgan fingerprint density at radius 2 is 2.38 bits per heavy atom. The van der Waals surface area contributed by atoms with E-state index in [0.29, 0.717) is 6.54 Å². The molecule has 5 heteroatoms. The molecule has 0 radical (unpaired) electrons. The molecule has 4 N–H and O–H groups in total. The first kappa shape index (κ1) is 12.8. The fourth-order valence-electron chi connectivity index (χ4n) is 1.90. The Morgan fingerprint density at radius 3 is 3.00 bits per heavy atom. The van der Waals surface area contributed by atoms with Crippen molar-refractivity contribution in [2.24, 2.45) is 11.7 Å². The Morgan fingerprint density at radius 1 is 1.62 bits per heavy atom. The highest BCUT2D eigenvalue weighted by Crippen LogP contribution is 2.15. The molecule has 1 aliphatic heterocycles. The highest BCUT2D eigenvalue weighted by molar-refractivity contribution is 5.81. The van der Waals surface area contributed by atoms with Crippen LogP contribution in [0.1, 0.15) is 32.6 Å². The maximum atomic E-state index is 11.7. The molecule has 0 bridgehead atoms. The van der Waals surface area contributed by atoms with Gasteiger partial charge in [0.2, 0.25) is 0 Å². The molecule has 1 heterocycles. The van der Waals surface area contributed by atoms with Gasteiger partial charge in [0.25, 0.3) is 0 Å². The van der Waals surface area contributed by atoms with Crippen molar-refractivity contribution < 1.29 is 4.79 Å². The second-order valence-corrected chi connectivity index (χ2v) is 4.33. The lowest BCUT2D eigenvalue weighted by molar-refractivity contribution is 0.178. The quantitative estimate of drug-likeness (QED) is 0.382. The Bertz CT molecular complexity index is 254. The molecule has 0 saturated carbocycles. The summed E-state index contributed by atoms with van der Waals surface area (Å²) < 4.78 is 0. The van der Waals surface area contributed by atoms with Crippen molar-refractivity contribution >= 4 is 11.9 Å². The van der Waals surface area contributed by atoms with Crippen LogP contribution in [0.25, 0.3) is 0 Å². The largest absolute Gasteiger partial charge is 0.387 e. The molecule has 0 spiro atoms. The number of rotatable bonds is 4. The van der Waals surface area contributed by atoms with Gasteiger partial charge < -0.3 is 16.0 Å². The van der Waals surface area contributed by atoms with Gasteiger partial charge in [0, 0.05) is 25.6 Å². The zero-order valence-electron chi connectivity index (χ0n) is 9.96. The number of amides is 2. The number of nitrogens with zero attached hydrogens (tertiary/aromatic N) is 1. The molecule has 16 heavy (non-hydrogen) atoms. The zero-order chi connectivity index (χ0) is 12.0. The van der Waals surface area contributed by atoms with Crippen molar-refractivity contribution in [2.75, 3.05) is 19.6 Å². The molecule has 1 rings (SSSR count). The summed E-state index contributed by atoms with van der Waals surface area (Å²) in [5, 5.41) is 10.3. The number of nitrogens with two attached hydrogens (primary N) is 1. The predicted molar refractivity (Wildman–Crippen MR) is 64.5 cm³/mol. The van der Waals surface area contributed by atoms with Crippen molar-refractivity contribution in [3.63, 3.8) is 0 Å². The normalized spacial score (nSPS) is 20.6. The number of unbranched alkanes of at least 4 members (excludes halogenated alkanes) is 1. The molecule has 92 valence electrons. The number of urea groups is 1. The molecular formula is C11H22N4O. The lowest BCUT2D eigenvalue weighted by Crippen LogP contribution is -2.48. The summed E-state index contributed by atoms with van der Waals surface area (Å²) in [6.45, 7) is 4.20. The Labute approximate surface area is 96.9 Å². The smallest absolute Gasteiger partial charge is 0.317 e. The summed E-state index contributed by atoms with van der Waals surface area (Å²) in [5.41, 5.74) is 5.48. The number of amidine groups is 1. The number of carbonyl (C=O) groups is 1. The second kappa shape index (κ2) is 6.35. The van der Waals surface area contributed by atoms with Gasteiger partial charge in [-0.3, -0.25) is 5.41 Å². The summed E-state index contributed by atoms with van der Waals surface area (Å²) in [7, 11) is 0. The fourth-order valence-corrected chi connectivity index (χ4v) is 1.90. The van der Waals surface area contributed by atoms with E-state index in [1.807, 2.05) is 0 Å². The average molecular weight is 226 g/mol. The first-order valence-corrected chi connectivity index (χ1v) is 6.01. The van der Waals surface area contributed by atoms with E-state index in [9.17, 15) is 4.79 Å². The van der Waals surface area contributed by atoms with Crippen LogP contribution in [0.4, 0.5) is 4.79 Å². The van der Waals surface area contributed by atoms with Crippen molar-refractivity contribution in [3.8, 4) is 0 Å². The Balaban J connectivity index is 2.35. The minimum Gasteiger partial charge on any atom is -0.387 e. The van der Waals surface area contributed by atoms with Crippen LogP contribution < -0.4 is 11.1 Å². The SMILES string of the molecule is CCCCNC(=O)N1CCCC(C(=N)N)C1.